The maximum atomic E-state index is 11.0. The fourth-order valence-corrected chi connectivity index (χ4v) is 0.793. The van der Waals surface area contributed by atoms with Gasteiger partial charge < -0.3 is 5.11 Å². The van der Waals surface area contributed by atoms with Gasteiger partial charge >= 0.3 is 11.7 Å². The van der Waals surface area contributed by atoms with Gasteiger partial charge in [-0.05, 0) is 6.07 Å². The summed E-state index contributed by atoms with van der Waals surface area (Å²) < 4.78 is 1.30. The van der Waals surface area contributed by atoms with Crippen molar-refractivity contribution >= 4 is 5.97 Å². The molecule has 0 unspecified atom stereocenters. The Labute approximate surface area is 74.0 Å². The molecule has 0 bridgehead atoms. The van der Waals surface area contributed by atoms with Gasteiger partial charge in [-0.25, -0.2) is 14.6 Å². The van der Waals surface area contributed by atoms with E-state index in [4.69, 9.17) is 5.11 Å². The summed E-state index contributed by atoms with van der Waals surface area (Å²) in [5.41, 5.74) is -0.391. The molecule has 5 nitrogen and oxygen atoms in total. The summed E-state index contributed by atoms with van der Waals surface area (Å²) >= 11 is 0. The highest BCUT2D eigenvalue weighted by atomic mass is 16.4. The van der Waals surface area contributed by atoms with Gasteiger partial charge in [0.1, 0.15) is 0 Å². The molecule has 0 aliphatic heterocycles. The van der Waals surface area contributed by atoms with Crippen molar-refractivity contribution in [2.24, 2.45) is 0 Å². The average molecular weight is 180 g/mol. The van der Waals surface area contributed by atoms with Crippen LogP contribution in [0.2, 0.25) is 0 Å². The summed E-state index contributed by atoms with van der Waals surface area (Å²) in [4.78, 5) is 24.6. The number of hydrogen-bond donors (Lipinski definition) is 1. The summed E-state index contributed by atoms with van der Waals surface area (Å²) in [6, 6.07) is 1.61. The Hall–Kier alpha value is -1.91. The number of aliphatic carboxylic acids is 1. The van der Waals surface area contributed by atoms with Crippen LogP contribution in [0.15, 0.2) is 35.4 Å². The van der Waals surface area contributed by atoms with Gasteiger partial charge in [-0.1, -0.05) is 6.08 Å². The molecule has 0 atom stereocenters. The van der Waals surface area contributed by atoms with Crippen LogP contribution in [-0.2, 0) is 11.3 Å². The van der Waals surface area contributed by atoms with E-state index >= 15 is 0 Å². The monoisotopic (exact) mass is 180 g/mol. The smallest absolute Gasteiger partial charge is 0.347 e. The van der Waals surface area contributed by atoms with E-state index in [0.717, 1.165) is 6.08 Å². The minimum absolute atomic E-state index is 0.221. The van der Waals surface area contributed by atoms with E-state index in [0.29, 0.717) is 0 Å². The third-order valence-corrected chi connectivity index (χ3v) is 1.35. The molecule has 5 heteroatoms. The maximum absolute atomic E-state index is 11.0. The molecule has 68 valence electrons. The van der Waals surface area contributed by atoms with E-state index in [1.165, 1.54) is 16.8 Å². The summed E-state index contributed by atoms with van der Waals surface area (Å²) in [5, 5.41) is 8.27. The van der Waals surface area contributed by atoms with Gasteiger partial charge in [0.2, 0.25) is 0 Å². The number of hydrogen-bond acceptors (Lipinski definition) is 3. The first kappa shape index (κ1) is 9.18. The average Bonchev–Trinajstić information content (AvgIpc) is 2.08. The fraction of sp³-hybridized carbons (Fsp3) is 0.125. The van der Waals surface area contributed by atoms with Crippen molar-refractivity contribution in [1.29, 1.82) is 0 Å². The fourth-order valence-electron chi connectivity index (χ4n) is 0.793. The minimum atomic E-state index is -1.03. The molecule has 0 saturated heterocycles. The quantitative estimate of drug-likeness (QED) is 0.658. The van der Waals surface area contributed by atoms with Crippen molar-refractivity contribution in [2.75, 3.05) is 0 Å². The van der Waals surface area contributed by atoms with Crippen molar-refractivity contribution in [3.63, 3.8) is 0 Å². The molecule has 1 heterocycles. The molecule has 1 aromatic heterocycles. The number of allylic oxidation sites excluding steroid dienone is 1. The van der Waals surface area contributed by atoms with Gasteiger partial charge in [0, 0.05) is 25.0 Å². The number of carboxylic acids is 1. The Morgan fingerprint density at radius 2 is 2.46 bits per heavy atom. The standard InChI is InChI=1S/C8H8N2O3/c11-7(12)3-1-5-10-6-2-4-9-8(10)13/h1-4,6H,5H2,(H,11,12)/b3-1+. The Kier molecular flexibility index (Phi) is 2.97. The molecule has 1 N–H and O–H groups in total. The van der Waals surface area contributed by atoms with Gasteiger partial charge in [-0.3, -0.25) is 4.57 Å². The van der Waals surface area contributed by atoms with Crippen molar-refractivity contribution in [1.82, 2.24) is 9.55 Å². The predicted molar refractivity (Wildman–Crippen MR) is 45.3 cm³/mol. The molecule has 13 heavy (non-hydrogen) atoms. The Bertz CT molecular complexity index is 381. The molecule has 0 aliphatic carbocycles. The Morgan fingerprint density at radius 3 is 3.08 bits per heavy atom. The maximum Gasteiger partial charge on any atom is 0.347 e. The second-order valence-corrected chi connectivity index (χ2v) is 2.30. The lowest BCUT2D eigenvalue weighted by Gasteiger charge is -1.97. The topological polar surface area (TPSA) is 72.2 Å². The van der Waals surface area contributed by atoms with Gasteiger partial charge in [-0.2, -0.15) is 0 Å². The summed E-state index contributed by atoms with van der Waals surface area (Å²) in [6.45, 7) is 0.221. The van der Waals surface area contributed by atoms with Crippen LogP contribution in [0.3, 0.4) is 0 Å². The molecule has 0 radical (unpaired) electrons. The lowest BCUT2D eigenvalue weighted by molar-refractivity contribution is -0.131. The predicted octanol–water partition coefficient (Wildman–Crippen LogP) is -0.116. The van der Waals surface area contributed by atoms with E-state index in [1.54, 1.807) is 12.3 Å². The zero-order valence-corrected chi connectivity index (χ0v) is 6.75. The number of rotatable bonds is 3. The number of carboxylic acid groups (broad SMARTS) is 1. The van der Waals surface area contributed by atoms with E-state index in [9.17, 15) is 9.59 Å². The van der Waals surface area contributed by atoms with Gasteiger partial charge in [-0.15, -0.1) is 0 Å². The molecular weight excluding hydrogens is 172 g/mol. The van der Waals surface area contributed by atoms with E-state index in [2.05, 4.69) is 4.98 Å². The highest BCUT2D eigenvalue weighted by Gasteiger charge is 1.91. The summed E-state index contributed by atoms with van der Waals surface area (Å²) in [6.07, 6.45) is 5.30. The Balaban J connectivity index is 2.70. The zero-order chi connectivity index (χ0) is 9.68. The van der Waals surface area contributed by atoms with Gasteiger partial charge in [0.05, 0.1) is 0 Å². The van der Waals surface area contributed by atoms with Crippen molar-refractivity contribution in [2.45, 2.75) is 6.54 Å². The second kappa shape index (κ2) is 4.20. The number of nitrogens with zero attached hydrogens (tertiary/aromatic N) is 2. The first-order valence-electron chi connectivity index (χ1n) is 3.61. The van der Waals surface area contributed by atoms with Crippen LogP contribution in [0.5, 0.6) is 0 Å². The molecular formula is C8H8N2O3. The van der Waals surface area contributed by atoms with Crippen LogP contribution in [-0.4, -0.2) is 20.6 Å². The van der Waals surface area contributed by atoms with Crippen LogP contribution in [0.1, 0.15) is 0 Å². The molecule has 0 aliphatic rings. The zero-order valence-electron chi connectivity index (χ0n) is 6.75. The van der Waals surface area contributed by atoms with Crippen LogP contribution in [0.25, 0.3) is 0 Å². The normalized spacial score (nSPS) is 10.5. The summed E-state index contributed by atoms with van der Waals surface area (Å²) in [5.74, 6) is -1.03. The van der Waals surface area contributed by atoms with Crippen LogP contribution in [0.4, 0.5) is 0 Å². The molecule has 0 aromatic carbocycles. The molecule has 1 rings (SSSR count). The highest BCUT2D eigenvalue weighted by Crippen LogP contribution is 1.81. The Morgan fingerprint density at radius 1 is 1.69 bits per heavy atom. The van der Waals surface area contributed by atoms with Crippen LogP contribution in [0, 0.1) is 0 Å². The molecule has 0 saturated carbocycles. The molecule has 0 spiro atoms. The van der Waals surface area contributed by atoms with Gasteiger partial charge in [0.15, 0.2) is 0 Å². The lowest BCUT2D eigenvalue weighted by Crippen LogP contribution is -2.20. The largest absolute Gasteiger partial charge is 0.478 e. The van der Waals surface area contributed by atoms with Crippen molar-refractivity contribution in [3.8, 4) is 0 Å². The third-order valence-electron chi connectivity index (χ3n) is 1.35. The number of aromatic nitrogens is 2. The SMILES string of the molecule is O=C(O)/C=C/Cn1cccnc1=O. The molecule has 0 amide bonds. The first-order valence-corrected chi connectivity index (χ1v) is 3.61. The van der Waals surface area contributed by atoms with E-state index < -0.39 is 11.7 Å². The summed E-state index contributed by atoms with van der Waals surface area (Å²) in [7, 11) is 0. The van der Waals surface area contributed by atoms with Crippen LogP contribution < -0.4 is 5.69 Å². The minimum Gasteiger partial charge on any atom is -0.478 e. The lowest BCUT2D eigenvalue weighted by atomic mass is 10.5. The number of carbonyl (C=O) groups is 1. The van der Waals surface area contributed by atoms with Crippen LogP contribution >= 0.6 is 0 Å². The highest BCUT2D eigenvalue weighted by molar-refractivity contribution is 5.79. The van der Waals surface area contributed by atoms with Gasteiger partial charge in [0.25, 0.3) is 0 Å². The van der Waals surface area contributed by atoms with Crippen molar-refractivity contribution in [3.05, 3.63) is 41.1 Å². The van der Waals surface area contributed by atoms with E-state index in [1.807, 2.05) is 0 Å². The second-order valence-electron chi connectivity index (χ2n) is 2.30. The molecule has 0 fully saturated rings. The van der Waals surface area contributed by atoms with E-state index in [-0.39, 0.29) is 6.54 Å². The first-order chi connectivity index (χ1) is 6.20. The third kappa shape index (κ3) is 2.90. The molecule has 1 aromatic rings. The van der Waals surface area contributed by atoms with Crippen molar-refractivity contribution < 1.29 is 9.90 Å².